The van der Waals surface area contributed by atoms with E-state index >= 15 is 0 Å². The summed E-state index contributed by atoms with van der Waals surface area (Å²) in [7, 11) is 2.76. The molecule has 0 aromatic heterocycles. The summed E-state index contributed by atoms with van der Waals surface area (Å²) >= 11 is 5.89. The zero-order valence-electron chi connectivity index (χ0n) is 11.8. The summed E-state index contributed by atoms with van der Waals surface area (Å²) in [5.41, 5.74) is 6.28. The number of ether oxygens (including phenoxy) is 2. The van der Waals surface area contributed by atoms with Crippen molar-refractivity contribution < 1.29 is 19.1 Å². The number of anilines is 1. The summed E-state index contributed by atoms with van der Waals surface area (Å²) in [6.45, 7) is 0.346. The van der Waals surface area contributed by atoms with Crippen LogP contribution >= 0.6 is 24.0 Å². The monoisotopic (exact) mass is 336 g/mol. The predicted octanol–water partition coefficient (Wildman–Crippen LogP) is 2.04. The van der Waals surface area contributed by atoms with Crippen LogP contribution in [0.3, 0.4) is 0 Å². The molecular formula is C13H18Cl2N2O4. The number of hydrogen-bond donors (Lipinski definition) is 2. The van der Waals surface area contributed by atoms with Crippen molar-refractivity contribution in [1.82, 2.24) is 5.32 Å². The Morgan fingerprint density at radius 2 is 2.00 bits per heavy atom. The zero-order valence-corrected chi connectivity index (χ0v) is 13.3. The average Bonchev–Trinajstić information content (AvgIpc) is 2.45. The Bertz CT molecular complexity index is 509. The van der Waals surface area contributed by atoms with E-state index in [2.05, 4.69) is 10.1 Å². The molecule has 8 heteroatoms. The van der Waals surface area contributed by atoms with E-state index in [0.717, 1.165) is 0 Å². The molecule has 0 spiro atoms. The van der Waals surface area contributed by atoms with E-state index in [1.54, 1.807) is 0 Å². The molecule has 6 nitrogen and oxygen atoms in total. The van der Waals surface area contributed by atoms with Crippen molar-refractivity contribution in [3.8, 4) is 5.75 Å². The molecule has 1 amide bonds. The summed E-state index contributed by atoms with van der Waals surface area (Å²) in [4.78, 5) is 22.9. The molecule has 0 saturated carbocycles. The van der Waals surface area contributed by atoms with Crippen LogP contribution in [0.5, 0.6) is 5.75 Å². The SMILES string of the molecule is COC(=O)CCCNC(=O)c1cc(Cl)c(N)cc1OC.Cl. The average molecular weight is 337 g/mol. The highest BCUT2D eigenvalue weighted by Crippen LogP contribution is 2.28. The van der Waals surface area contributed by atoms with Crippen LogP contribution in [-0.2, 0) is 9.53 Å². The molecule has 0 heterocycles. The number of methoxy groups -OCH3 is 2. The highest BCUT2D eigenvalue weighted by atomic mass is 35.5. The van der Waals surface area contributed by atoms with Crippen LogP contribution in [0.2, 0.25) is 5.02 Å². The molecule has 0 saturated heterocycles. The Kier molecular flexibility index (Phi) is 8.57. The van der Waals surface area contributed by atoms with Crippen molar-refractivity contribution in [2.24, 2.45) is 0 Å². The molecule has 1 aromatic rings. The number of nitrogens with two attached hydrogens (primary N) is 1. The maximum atomic E-state index is 12.0. The van der Waals surface area contributed by atoms with E-state index in [9.17, 15) is 9.59 Å². The van der Waals surface area contributed by atoms with Crippen molar-refractivity contribution >= 4 is 41.6 Å². The maximum absolute atomic E-state index is 12.0. The van der Waals surface area contributed by atoms with Gasteiger partial charge >= 0.3 is 5.97 Å². The molecule has 0 aliphatic rings. The number of carbonyl (C=O) groups is 2. The van der Waals surface area contributed by atoms with Crippen LogP contribution in [0.15, 0.2) is 12.1 Å². The van der Waals surface area contributed by atoms with Gasteiger partial charge in [-0.2, -0.15) is 0 Å². The Balaban J connectivity index is 0.00000400. The Morgan fingerprint density at radius 3 is 2.57 bits per heavy atom. The fourth-order valence-electron chi connectivity index (χ4n) is 1.55. The van der Waals surface area contributed by atoms with Crippen LogP contribution in [-0.4, -0.2) is 32.6 Å². The van der Waals surface area contributed by atoms with Crippen molar-refractivity contribution in [2.45, 2.75) is 12.8 Å². The van der Waals surface area contributed by atoms with Crippen molar-refractivity contribution in [2.75, 3.05) is 26.5 Å². The predicted molar refractivity (Wildman–Crippen MR) is 83.2 cm³/mol. The van der Waals surface area contributed by atoms with E-state index < -0.39 is 0 Å². The Morgan fingerprint density at radius 1 is 1.33 bits per heavy atom. The van der Waals surface area contributed by atoms with Gasteiger partial charge in [-0.1, -0.05) is 11.6 Å². The molecule has 3 N–H and O–H groups in total. The first kappa shape index (κ1) is 19.3. The van der Waals surface area contributed by atoms with Crippen molar-refractivity contribution in [3.05, 3.63) is 22.7 Å². The first-order chi connectivity index (χ1) is 9.49. The van der Waals surface area contributed by atoms with Crippen LogP contribution in [0.25, 0.3) is 0 Å². The van der Waals surface area contributed by atoms with Gasteiger partial charge in [0.25, 0.3) is 5.91 Å². The number of carbonyl (C=O) groups excluding carboxylic acids is 2. The molecule has 21 heavy (non-hydrogen) atoms. The number of halogens is 2. The topological polar surface area (TPSA) is 90.7 Å². The zero-order chi connectivity index (χ0) is 15.1. The molecule has 1 aromatic carbocycles. The molecule has 0 aliphatic heterocycles. The van der Waals surface area contributed by atoms with Gasteiger partial charge < -0.3 is 20.5 Å². The number of amides is 1. The van der Waals surface area contributed by atoms with Gasteiger partial charge in [0.15, 0.2) is 0 Å². The second kappa shape index (κ2) is 9.31. The summed E-state index contributed by atoms with van der Waals surface area (Å²) in [5.74, 6) is -0.307. The lowest BCUT2D eigenvalue weighted by Gasteiger charge is -2.11. The van der Waals surface area contributed by atoms with E-state index in [1.165, 1.54) is 26.4 Å². The summed E-state index contributed by atoms with van der Waals surface area (Å²) in [6, 6.07) is 2.94. The molecule has 118 valence electrons. The van der Waals surface area contributed by atoms with Gasteiger partial charge in [0.1, 0.15) is 5.75 Å². The molecule has 0 aliphatic carbocycles. The molecule has 0 atom stereocenters. The van der Waals surface area contributed by atoms with Crippen molar-refractivity contribution in [3.63, 3.8) is 0 Å². The van der Waals surface area contributed by atoms with Gasteiger partial charge in [-0.25, -0.2) is 0 Å². The van der Waals surface area contributed by atoms with Crippen LogP contribution in [0.4, 0.5) is 5.69 Å². The van der Waals surface area contributed by atoms with Crippen LogP contribution in [0, 0.1) is 0 Å². The van der Waals surface area contributed by atoms with Crippen molar-refractivity contribution in [1.29, 1.82) is 0 Å². The number of rotatable bonds is 6. The van der Waals surface area contributed by atoms with Crippen LogP contribution in [0.1, 0.15) is 23.2 Å². The Labute approximate surface area is 134 Å². The quantitative estimate of drug-likeness (QED) is 0.471. The largest absolute Gasteiger partial charge is 0.496 e. The van der Waals surface area contributed by atoms with Gasteiger partial charge in [0.2, 0.25) is 0 Å². The molecule has 0 radical (unpaired) electrons. The van der Waals surface area contributed by atoms with E-state index in [-0.39, 0.29) is 35.7 Å². The number of esters is 1. The fraction of sp³-hybridized carbons (Fsp3) is 0.385. The normalized spacial score (nSPS) is 9.48. The fourth-order valence-corrected chi connectivity index (χ4v) is 1.71. The summed E-state index contributed by atoms with van der Waals surface area (Å²) in [6.07, 6.45) is 0.736. The van der Waals surface area contributed by atoms with Gasteiger partial charge in [-0.15, -0.1) is 12.4 Å². The lowest BCUT2D eigenvalue weighted by atomic mass is 10.1. The lowest BCUT2D eigenvalue weighted by molar-refractivity contribution is -0.140. The second-order valence-corrected chi connectivity index (χ2v) is 4.42. The first-order valence-corrected chi connectivity index (χ1v) is 6.35. The molecule has 0 unspecified atom stereocenters. The maximum Gasteiger partial charge on any atom is 0.305 e. The molecule has 0 fully saturated rings. The highest BCUT2D eigenvalue weighted by Gasteiger charge is 2.14. The summed E-state index contributed by atoms with van der Waals surface area (Å²) < 4.78 is 9.59. The number of nitrogens with one attached hydrogen (secondary N) is 1. The van der Waals surface area contributed by atoms with E-state index in [4.69, 9.17) is 22.1 Å². The molecule has 1 rings (SSSR count). The van der Waals surface area contributed by atoms with E-state index in [1.807, 2.05) is 0 Å². The third-order valence-electron chi connectivity index (χ3n) is 2.63. The Hall–Kier alpha value is -1.66. The van der Waals surface area contributed by atoms with Gasteiger partial charge in [-0.3, -0.25) is 9.59 Å². The van der Waals surface area contributed by atoms with Gasteiger partial charge in [0.05, 0.1) is 30.5 Å². The minimum Gasteiger partial charge on any atom is -0.496 e. The van der Waals surface area contributed by atoms with Gasteiger partial charge in [-0.05, 0) is 12.5 Å². The smallest absolute Gasteiger partial charge is 0.305 e. The third-order valence-corrected chi connectivity index (χ3v) is 2.96. The highest BCUT2D eigenvalue weighted by molar-refractivity contribution is 6.33. The standard InChI is InChI=1S/C13H17ClN2O4.ClH/c1-19-11-7-10(15)9(14)6-8(11)13(18)16-5-3-4-12(17)20-2;/h6-7H,3-5,15H2,1-2H3,(H,16,18);1H. The minimum atomic E-state index is -0.339. The van der Waals surface area contributed by atoms with Gasteiger partial charge in [0, 0.05) is 19.0 Å². The molecular weight excluding hydrogens is 319 g/mol. The minimum absolute atomic E-state index is 0. The third kappa shape index (κ3) is 5.69. The second-order valence-electron chi connectivity index (χ2n) is 4.01. The summed E-state index contributed by atoms with van der Waals surface area (Å²) in [5, 5.41) is 2.96. The van der Waals surface area contributed by atoms with E-state index in [0.29, 0.717) is 30.0 Å². The van der Waals surface area contributed by atoms with Crippen LogP contribution < -0.4 is 15.8 Å². The lowest BCUT2D eigenvalue weighted by Crippen LogP contribution is -2.25. The molecule has 0 bridgehead atoms. The number of hydrogen-bond acceptors (Lipinski definition) is 5. The number of nitrogen functional groups attached to an aromatic ring is 1. The first-order valence-electron chi connectivity index (χ1n) is 5.97. The number of benzene rings is 1.